The lowest BCUT2D eigenvalue weighted by Gasteiger charge is -2.33. The Labute approximate surface area is 129 Å². The van der Waals surface area contributed by atoms with Gasteiger partial charge in [-0.1, -0.05) is 46.3 Å². The lowest BCUT2D eigenvalue weighted by molar-refractivity contribution is 0.641. The molecule has 0 spiro atoms. The fourth-order valence-electron chi connectivity index (χ4n) is 2.60. The highest BCUT2D eigenvalue weighted by atomic mass is 79.9. The molecule has 1 atom stereocenters. The van der Waals surface area contributed by atoms with Crippen LogP contribution >= 0.6 is 15.9 Å². The first kappa shape index (κ1) is 15.1. The van der Waals surface area contributed by atoms with Crippen molar-refractivity contribution < 1.29 is 0 Å². The van der Waals surface area contributed by atoms with Gasteiger partial charge in [-0.3, -0.25) is 0 Å². The number of para-hydroxylation sites is 1. The van der Waals surface area contributed by atoms with Crippen molar-refractivity contribution >= 4 is 21.6 Å². The first-order valence-electron chi connectivity index (χ1n) is 6.95. The standard InChI is InChI=1S/C17H21BrN2/c1-3-20(16-10-5-4-7-13(16)2)17(12-19)14-8-6-9-15(18)11-14/h4-11,17H,3,12,19H2,1-2H3. The average Bonchev–Trinajstić information content (AvgIpc) is 2.45. The van der Waals surface area contributed by atoms with E-state index in [4.69, 9.17) is 5.73 Å². The van der Waals surface area contributed by atoms with Gasteiger partial charge in [0, 0.05) is 23.2 Å². The molecule has 2 rings (SSSR count). The molecule has 1 unspecified atom stereocenters. The molecular weight excluding hydrogens is 312 g/mol. The van der Waals surface area contributed by atoms with Crippen LogP contribution in [0, 0.1) is 6.92 Å². The summed E-state index contributed by atoms with van der Waals surface area (Å²) < 4.78 is 1.09. The summed E-state index contributed by atoms with van der Waals surface area (Å²) in [6.45, 7) is 5.84. The number of aryl methyl sites for hydroxylation is 1. The summed E-state index contributed by atoms with van der Waals surface area (Å²) in [7, 11) is 0. The summed E-state index contributed by atoms with van der Waals surface area (Å²) in [6.07, 6.45) is 0. The topological polar surface area (TPSA) is 29.3 Å². The van der Waals surface area contributed by atoms with E-state index >= 15 is 0 Å². The first-order valence-corrected chi connectivity index (χ1v) is 7.74. The lowest BCUT2D eigenvalue weighted by atomic mass is 10.0. The van der Waals surface area contributed by atoms with Crippen LogP contribution in [0.2, 0.25) is 0 Å². The Morgan fingerprint density at radius 1 is 1.15 bits per heavy atom. The van der Waals surface area contributed by atoms with E-state index in [0.29, 0.717) is 6.54 Å². The van der Waals surface area contributed by atoms with Crippen LogP contribution in [0.3, 0.4) is 0 Å². The van der Waals surface area contributed by atoms with Gasteiger partial charge < -0.3 is 10.6 Å². The Kier molecular flexibility index (Phi) is 5.21. The van der Waals surface area contributed by atoms with Gasteiger partial charge in [-0.05, 0) is 43.2 Å². The maximum absolute atomic E-state index is 6.06. The van der Waals surface area contributed by atoms with Crippen LogP contribution in [-0.4, -0.2) is 13.1 Å². The summed E-state index contributed by atoms with van der Waals surface area (Å²) >= 11 is 3.54. The SMILES string of the molecule is CCN(c1ccccc1C)C(CN)c1cccc(Br)c1. The van der Waals surface area contributed by atoms with E-state index in [1.165, 1.54) is 16.8 Å². The molecule has 2 N–H and O–H groups in total. The zero-order valence-corrected chi connectivity index (χ0v) is 13.6. The third-order valence-electron chi connectivity index (χ3n) is 3.60. The second-order valence-electron chi connectivity index (χ2n) is 4.88. The van der Waals surface area contributed by atoms with Gasteiger partial charge in [0.2, 0.25) is 0 Å². The molecule has 0 saturated carbocycles. The van der Waals surface area contributed by atoms with Crippen molar-refractivity contribution in [2.45, 2.75) is 19.9 Å². The molecule has 0 aliphatic heterocycles. The molecule has 0 aliphatic rings. The van der Waals surface area contributed by atoms with Crippen molar-refractivity contribution in [3.8, 4) is 0 Å². The Hall–Kier alpha value is -1.32. The summed E-state index contributed by atoms with van der Waals surface area (Å²) in [4.78, 5) is 2.37. The minimum absolute atomic E-state index is 0.193. The van der Waals surface area contributed by atoms with Crippen LogP contribution in [0.25, 0.3) is 0 Å². The smallest absolute Gasteiger partial charge is 0.0665 e. The molecule has 0 bridgehead atoms. The number of nitrogens with zero attached hydrogens (tertiary/aromatic N) is 1. The number of hydrogen-bond acceptors (Lipinski definition) is 2. The second kappa shape index (κ2) is 6.91. The maximum Gasteiger partial charge on any atom is 0.0665 e. The van der Waals surface area contributed by atoms with E-state index in [9.17, 15) is 0 Å². The van der Waals surface area contributed by atoms with Crippen molar-refractivity contribution in [3.05, 3.63) is 64.1 Å². The molecule has 0 amide bonds. The van der Waals surface area contributed by atoms with Gasteiger partial charge in [0.15, 0.2) is 0 Å². The largest absolute Gasteiger partial charge is 0.363 e. The molecule has 2 nitrogen and oxygen atoms in total. The van der Waals surface area contributed by atoms with Crippen LogP contribution in [0.5, 0.6) is 0 Å². The van der Waals surface area contributed by atoms with Crippen LogP contribution in [0.15, 0.2) is 53.0 Å². The van der Waals surface area contributed by atoms with Gasteiger partial charge in [-0.25, -0.2) is 0 Å². The molecule has 0 heterocycles. The predicted molar refractivity (Wildman–Crippen MR) is 90.1 cm³/mol. The predicted octanol–water partition coefficient (Wildman–Crippen LogP) is 4.28. The Morgan fingerprint density at radius 2 is 1.90 bits per heavy atom. The van der Waals surface area contributed by atoms with Gasteiger partial charge in [0.05, 0.1) is 6.04 Å². The van der Waals surface area contributed by atoms with E-state index in [2.05, 4.69) is 77.1 Å². The molecule has 20 heavy (non-hydrogen) atoms. The normalized spacial score (nSPS) is 12.2. The first-order chi connectivity index (χ1) is 9.67. The molecule has 106 valence electrons. The van der Waals surface area contributed by atoms with Crippen LogP contribution in [0.4, 0.5) is 5.69 Å². The second-order valence-corrected chi connectivity index (χ2v) is 5.79. The third kappa shape index (κ3) is 3.22. The van der Waals surface area contributed by atoms with Crippen LogP contribution in [-0.2, 0) is 0 Å². The van der Waals surface area contributed by atoms with E-state index < -0.39 is 0 Å². The number of hydrogen-bond donors (Lipinski definition) is 1. The average molecular weight is 333 g/mol. The number of halogens is 1. The molecule has 0 aromatic heterocycles. The van der Waals surface area contributed by atoms with Crippen LogP contribution < -0.4 is 10.6 Å². The minimum atomic E-state index is 0.193. The van der Waals surface area contributed by atoms with Gasteiger partial charge in [-0.2, -0.15) is 0 Å². The van der Waals surface area contributed by atoms with Crippen molar-refractivity contribution in [1.29, 1.82) is 0 Å². The molecule has 0 radical (unpaired) electrons. The molecule has 3 heteroatoms. The van der Waals surface area contributed by atoms with Crippen molar-refractivity contribution in [2.24, 2.45) is 5.73 Å². The molecule has 0 fully saturated rings. The Balaban J connectivity index is 2.40. The Bertz CT molecular complexity index is 568. The van der Waals surface area contributed by atoms with Gasteiger partial charge in [-0.15, -0.1) is 0 Å². The highest BCUT2D eigenvalue weighted by Gasteiger charge is 2.19. The van der Waals surface area contributed by atoms with Gasteiger partial charge in [0.25, 0.3) is 0 Å². The zero-order chi connectivity index (χ0) is 14.5. The molecule has 0 aliphatic carbocycles. The van der Waals surface area contributed by atoms with E-state index in [-0.39, 0.29) is 6.04 Å². The highest BCUT2D eigenvalue weighted by molar-refractivity contribution is 9.10. The molecule has 0 saturated heterocycles. The minimum Gasteiger partial charge on any atom is -0.363 e. The van der Waals surface area contributed by atoms with Gasteiger partial charge >= 0.3 is 0 Å². The van der Waals surface area contributed by atoms with Crippen LogP contribution in [0.1, 0.15) is 24.1 Å². The van der Waals surface area contributed by atoms with Gasteiger partial charge in [0.1, 0.15) is 0 Å². The lowest BCUT2D eigenvalue weighted by Crippen LogP contribution is -2.34. The van der Waals surface area contributed by atoms with Crippen molar-refractivity contribution in [3.63, 3.8) is 0 Å². The molecule has 2 aromatic carbocycles. The number of benzene rings is 2. The quantitative estimate of drug-likeness (QED) is 0.885. The molecular formula is C17H21BrN2. The van der Waals surface area contributed by atoms with E-state index in [1.54, 1.807) is 0 Å². The monoisotopic (exact) mass is 332 g/mol. The number of nitrogens with two attached hydrogens (primary N) is 1. The van der Waals surface area contributed by atoms with E-state index in [0.717, 1.165) is 11.0 Å². The van der Waals surface area contributed by atoms with E-state index in [1.807, 2.05) is 6.07 Å². The van der Waals surface area contributed by atoms with Crippen molar-refractivity contribution in [1.82, 2.24) is 0 Å². The summed E-state index contributed by atoms with van der Waals surface area (Å²) in [5.74, 6) is 0. The molecule has 2 aromatic rings. The number of rotatable bonds is 5. The number of likely N-dealkylation sites (N-methyl/N-ethyl adjacent to an activating group) is 1. The summed E-state index contributed by atoms with van der Waals surface area (Å²) in [5, 5.41) is 0. The highest BCUT2D eigenvalue weighted by Crippen LogP contribution is 2.29. The van der Waals surface area contributed by atoms with Crippen molar-refractivity contribution in [2.75, 3.05) is 18.0 Å². The fourth-order valence-corrected chi connectivity index (χ4v) is 3.02. The zero-order valence-electron chi connectivity index (χ0n) is 12.0. The number of anilines is 1. The fraction of sp³-hybridized carbons (Fsp3) is 0.294. The third-order valence-corrected chi connectivity index (χ3v) is 4.09. The summed E-state index contributed by atoms with van der Waals surface area (Å²) in [6, 6.07) is 17.1. The summed E-state index contributed by atoms with van der Waals surface area (Å²) in [5.41, 5.74) is 9.84. The Morgan fingerprint density at radius 3 is 2.50 bits per heavy atom. The maximum atomic E-state index is 6.06.